The molecule has 2 aliphatic rings. The molecule has 6 nitrogen and oxygen atoms in total. The maximum absolute atomic E-state index is 12.3. The van der Waals surface area contributed by atoms with Crippen LogP contribution in [0.2, 0.25) is 0 Å². The molecule has 7 heteroatoms. The number of hydrogen-bond acceptors (Lipinski definition) is 7. The highest BCUT2D eigenvalue weighted by Crippen LogP contribution is 2.39. The van der Waals surface area contributed by atoms with Crippen molar-refractivity contribution in [2.75, 3.05) is 12.4 Å². The van der Waals surface area contributed by atoms with Crippen LogP contribution in [0.15, 0.2) is 12.2 Å². The first-order valence-corrected chi connectivity index (χ1v) is 10.6. The zero-order valence-corrected chi connectivity index (χ0v) is 16.2. The van der Waals surface area contributed by atoms with Crippen molar-refractivity contribution < 1.29 is 30.0 Å². The van der Waals surface area contributed by atoms with Gasteiger partial charge >= 0.3 is 5.97 Å². The minimum atomic E-state index is -0.892. The van der Waals surface area contributed by atoms with E-state index in [-0.39, 0.29) is 42.7 Å². The highest BCUT2D eigenvalue weighted by atomic mass is 32.2. The molecule has 0 aromatic heterocycles. The van der Waals surface area contributed by atoms with Crippen LogP contribution >= 0.6 is 11.8 Å². The number of esters is 1. The van der Waals surface area contributed by atoms with Gasteiger partial charge in [-0.05, 0) is 50.9 Å². The first kappa shape index (κ1) is 21.7. The molecule has 1 unspecified atom stereocenters. The van der Waals surface area contributed by atoms with Gasteiger partial charge in [-0.15, -0.1) is 0 Å². The standard InChI is InChI=1S/C19H32O6S/c1-12-5-3-2-4-6-13-7-14(21)8-16(13)19(24)17(9-18(23)25-12)26-11-15(22)10-20/h4,6,12-17,19-22,24H,2-3,5,7-11H2,1H3/b6-4+/t12-,13+,14-,15?,16+,17+,19+/m0/s1. The lowest BCUT2D eigenvalue weighted by atomic mass is 9.87. The third kappa shape index (κ3) is 6.53. The molecule has 0 radical (unpaired) electrons. The van der Waals surface area contributed by atoms with Gasteiger partial charge in [-0.3, -0.25) is 4.79 Å². The molecule has 2 rings (SSSR count). The molecule has 4 N–H and O–H groups in total. The van der Waals surface area contributed by atoms with Gasteiger partial charge < -0.3 is 25.2 Å². The second-order valence-corrected chi connectivity index (χ2v) is 8.79. The molecule has 26 heavy (non-hydrogen) atoms. The van der Waals surface area contributed by atoms with Gasteiger partial charge in [-0.25, -0.2) is 0 Å². The van der Waals surface area contributed by atoms with Crippen LogP contribution in [0.25, 0.3) is 0 Å². The molecule has 0 saturated heterocycles. The van der Waals surface area contributed by atoms with E-state index >= 15 is 0 Å². The van der Waals surface area contributed by atoms with Gasteiger partial charge in [-0.1, -0.05) is 12.2 Å². The second-order valence-electron chi connectivity index (χ2n) is 7.52. The fourth-order valence-electron chi connectivity index (χ4n) is 3.82. The summed E-state index contributed by atoms with van der Waals surface area (Å²) in [4.78, 5) is 12.3. The van der Waals surface area contributed by atoms with Crippen LogP contribution in [0.3, 0.4) is 0 Å². The van der Waals surface area contributed by atoms with Gasteiger partial charge in [0.2, 0.25) is 0 Å². The van der Waals surface area contributed by atoms with Crippen molar-refractivity contribution >= 4 is 17.7 Å². The average Bonchev–Trinajstić information content (AvgIpc) is 2.97. The fourth-order valence-corrected chi connectivity index (χ4v) is 5.05. The van der Waals surface area contributed by atoms with Gasteiger partial charge in [0.25, 0.3) is 0 Å². The first-order valence-electron chi connectivity index (χ1n) is 9.53. The molecule has 0 bridgehead atoms. The van der Waals surface area contributed by atoms with Crippen LogP contribution in [0, 0.1) is 11.8 Å². The number of carbonyl (C=O) groups excluding carboxylic acids is 1. The highest BCUT2D eigenvalue weighted by Gasteiger charge is 2.40. The summed E-state index contributed by atoms with van der Waals surface area (Å²) in [5, 5.41) is 39.3. The van der Waals surface area contributed by atoms with E-state index in [0.717, 1.165) is 19.3 Å². The number of allylic oxidation sites excluding steroid dienone is 2. The summed E-state index contributed by atoms with van der Waals surface area (Å²) in [6.07, 6.45) is 5.68. The number of ether oxygens (including phenoxy) is 1. The number of rotatable bonds is 4. The Morgan fingerprint density at radius 3 is 2.85 bits per heavy atom. The minimum absolute atomic E-state index is 0.0529. The molecule has 1 fully saturated rings. The monoisotopic (exact) mass is 388 g/mol. The Hall–Kier alpha value is -0.600. The van der Waals surface area contributed by atoms with E-state index in [4.69, 9.17) is 9.84 Å². The van der Waals surface area contributed by atoms with Crippen LogP contribution in [0.1, 0.15) is 45.4 Å². The molecule has 1 heterocycles. The second kappa shape index (κ2) is 10.7. The number of thioether (sulfide) groups is 1. The quantitative estimate of drug-likeness (QED) is 0.424. The largest absolute Gasteiger partial charge is 0.463 e. The Labute approximate surface area is 159 Å². The molecule has 0 spiro atoms. The molecule has 150 valence electrons. The molecule has 1 aliphatic heterocycles. The summed E-state index contributed by atoms with van der Waals surface area (Å²) in [6.45, 7) is 1.52. The number of cyclic esters (lactones) is 1. The number of hydrogen-bond donors (Lipinski definition) is 4. The van der Waals surface area contributed by atoms with Crippen LogP contribution in [-0.2, 0) is 9.53 Å². The van der Waals surface area contributed by atoms with Crippen LogP contribution in [-0.4, -0.2) is 68.4 Å². The number of carbonyl (C=O) groups is 1. The normalized spacial score (nSPS) is 39.0. The maximum atomic E-state index is 12.3. The number of aliphatic hydroxyl groups is 4. The van der Waals surface area contributed by atoms with Crippen molar-refractivity contribution in [3.63, 3.8) is 0 Å². The third-order valence-electron chi connectivity index (χ3n) is 5.24. The zero-order valence-electron chi connectivity index (χ0n) is 15.4. The Morgan fingerprint density at radius 2 is 2.12 bits per heavy atom. The highest BCUT2D eigenvalue weighted by molar-refractivity contribution is 8.00. The third-order valence-corrected chi connectivity index (χ3v) is 6.69. The van der Waals surface area contributed by atoms with Crippen molar-refractivity contribution in [1.29, 1.82) is 0 Å². The topological polar surface area (TPSA) is 107 Å². The Kier molecular flexibility index (Phi) is 8.90. The summed E-state index contributed by atoms with van der Waals surface area (Å²) < 4.78 is 5.46. The van der Waals surface area contributed by atoms with Crippen molar-refractivity contribution in [1.82, 2.24) is 0 Å². The van der Waals surface area contributed by atoms with Gasteiger partial charge in [-0.2, -0.15) is 11.8 Å². The molecular weight excluding hydrogens is 356 g/mol. The average molecular weight is 389 g/mol. The van der Waals surface area contributed by atoms with E-state index in [1.54, 1.807) is 0 Å². The Balaban J connectivity index is 2.16. The lowest BCUT2D eigenvalue weighted by molar-refractivity contribution is -0.149. The minimum Gasteiger partial charge on any atom is -0.463 e. The Morgan fingerprint density at radius 1 is 1.35 bits per heavy atom. The van der Waals surface area contributed by atoms with Crippen molar-refractivity contribution in [3.8, 4) is 0 Å². The molecular formula is C19H32O6S. The summed E-state index contributed by atoms with van der Waals surface area (Å²) in [5.74, 6) is -0.164. The molecule has 0 aromatic rings. The van der Waals surface area contributed by atoms with Crippen molar-refractivity contribution in [2.45, 2.75) is 75.1 Å². The fraction of sp³-hybridized carbons (Fsp3) is 0.842. The molecule has 1 aliphatic carbocycles. The van der Waals surface area contributed by atoms with E-state index in [2.05, 4.69) is 12.2 Å². The first-order chi connectivity index (χ1) is 12.4. The Bertz CT molecular complexity index is 471. The lowest BCUT2D eigenvalue weighted by Gasteiger charge is -2.30. The smallest absolute Gasteiger partial charge is 0.307 e. The van der Waals surface area contributed by atoms with E-state index < -0.39 is 23.6 Å². The summed E-state index contributed by atoms with van der Waals surface area (Å²) in [5.41, 5.74) is 0. The van der Waals surface area contributed by atoms with Crippen molar-refractivity contribution in [2.24, 2.45) is 11.8 Å². The van der Waals surface area contributed by atoms with Crippen molar-refractivity contribution in [3.05, 3.63) is 12.2 Å². The molecule has 7 atom stereocenters. The number of fused-ring (bicyclic) bond motifs is 1. The molecule has 0 aromatic carbocycles. The van der Waals surface area contributed by atoms with Crippen LogP contribution in [0.4, 0.5) is 0 Å². The van der Waals surface area contributed by atoms with Crippen LogP contribution < -0.4 is 0 Å². The van der Waals surface area contributed by atoms with E-state index in [1.165, 1.54) is 11.8 Å². The lowest BCUT2D eigenvalue weighted by Crippen LogP contribution is -2.36. The zero-order chi connectivity index (χ0) is 19.1. The van der Waals surface area contributed by atoms with Gasteiger partial charge in [0, 0.05) is 11.0 Å². The van der Waals surface area contributed by atoms with E-state index in [0.29, 0.717) is 12.8 Å². The maximum Gasteiger partial charge on any atom is 0.307 e. The number of aliphatic hydroxyl groups excluding tert-OH is 4. The summed E-state index contributed by atoms with van der Waals surface area (Å²) in [7, 11) is 0. The van der Waals surface area contributed by atoms with E-state index in [1.807, 2.05) is 6.92 Å². The van der Waals surface area contributed by atoms with Crippen LogP contribution in [0.5, 0.6) is 0 Å². The summed E-state index contributed by atoms with van der Waals surface area (Å²) >= 11 is 1.28. The van der Waals surface area contributed by atoms with Gasteiger partial charge in [0.1, 0.15) is 0 Å². The van der Waals surface area contributed by atoms with Gasteiger partial charge in [0.15, 0.2) is 0 Å². The SMILES string of the molecule is C[C@H]1CCC/C=C/[C@@H]2C[C@H](O)C[C@H]2[C@@H](O)[C@H](SCC(O)CO)CC(=O)O1. The predicted molar refractivity (Wildman–Crippen MR) is 101 cm³/mol. The molecule has 0 amide bonds. The van der Waals surface area contributed by atoms with E-state index in [9.17, 15) is 20.1 Å². The van der Waals surface area contributed by atoms with Gasteiger partial charge in [0.05, 0.1) is 37.4 Å². The molecule has 1 saturated carbocycles. The summed E-state index contributed by atoms with van der Waals surface area (Å²) in [6, 6.07) is 0. The predicted octanol–water partition coefficient (Wildman–Crippen LogP) is 1.25.